The number of alkyl halides is 3. The van der Waals surface area contributed by atoms with Crippen molar-refractivity contribution in [2.45, 2.75) is 51.9 Å². The van der Waals surface area contributed by atoms with Crippen LogP contribution in [-0.4, -0.2) is 65.2 Å². The number of amides is 1. The van der Waals surface area contributed by atoms with E-state index in [1.54, 1.807) is 0 Å². The molecule has 3 heterocycles. The molecule has 2 aliphatic heterocycles. The Morgan fingerprint density at radius 2 is 1.93 bits per heavy atom. The zero-order chi connectivity index (χ0) is 22.5. The highest BCUT2D eigenvalue weighted by Gasteiger charge is 2.42. The zero-order valence-corrected chi connectivity index (χ0v) is 17.1. The van der Waals surface area contributed by atoms with E-state index < -0.39 is 12.1 Å². The second kappa shape index (κ2) is 10.1. The number of rotatable bonds is 3. The molecule has 0 aliphatic carbocycles. The summed E-state index contributed by atoms with van der Waals surface area (Å²) >= 11 is 0. The van der Waals surface area contributed by atoms with E-state index in [4.69, 9.17) is 14.6 Å². The Kier molecular flexibility index (Phi) is 7.99. The van der Waals surface area contributed by atoms with E-state index in [1.165, 1.54) is 0 Å². The lowest BCUT2D eigenvalue weighted by Crippen LogP contribution is -2.54. The molecule has 3 atom stereocenters. The van der Waals surface area contributed by atoms with Crippen LogP contribution in [0.5, 0.6) is 0 Å². The van der Waals surface area contributed by atoms with E-state index in [0.29, 0.717) is 6.61 Å². The average molecular weight is 432 g/mol. The average Bonchev–Trinajstić information content (AvgIpc) is 2.67. The highest BCUT2D eigenvalue weighted by atomic mass is 19.4. The van der Waals surface area contributed by atoms with Gasteiger partial charge < -0.3 is 20.1 Å². The quantitative estimate of drug-likeness (QED) is 0.754. The van der Waals surface area contributed by atoms with Crippen molar-refractivity contribution in [3.8, 4) is 0 Å². The Bertz CT molecular complexity index is 727. The first-order valence-electron chi connectivity index (χ1n) is 9.76. The van der Waals surface area contributed by atoms with Gasteiger partial charge in [0.2, 0.25) is 5.91 Å². The first-order chi connectivity index (χ1) is 14.0. The number of hydrogen-bond acceptors (Lipinski definition) is 6. The molecule has 0 spiro atoms. The molecule has 1 amide bonds. The van der Waals surface area contributed by atoms with Crippen molar-refractivity contribution in [2.75, 3.05) is 24.6 Å². The third kappa shape index (κ3) is 6.54. The maximum absolute atomic E-state index is 12.5. The molecule has 2 saturated heterocycles. The number of nitrogens with zero attached hydrogens (tertiary/aromatic N) is 3. The monoisotopic (exact) mass is 432 g/mol. The van der Waals surface area contributed by atoms with Gasteiger partial charge in [-0.1, -0.05) is 0 Å². The number of piperidine rings is 1. The Balaban J connectivity index is 0.000000396. The molecule has 8 nitrogen and oxygen atoms in total. The third-order valence-electron chi connectivity index (χ3n) is 4.99. The summed E-state index contributed by atoms with van der Waals surface area (Å²) in [4.78, 5) is 23.7. The van der Waals surface area contributed by atoms with Crippen LogP contribution in [0.4, 0.5) is 19.0 Å². The summed E-state index contributed by atoms with van der Waals surface area (Å²) in [5, 5.41) is 18.6. The number of halogens is 3. The third-order valence-corrected chi connectivity index (χ3v) is 4.99. The lowest BCUT2D eigenvalue weighted by molar-refractivity contribution is -0.192. The number of nitrogens with one attached hydrogen (secondary N) is 1. The number of carboxylic acids is 1. The Hall–Kier alpha value is -2.43. The van der Waals surface area contributed by atoms with Gasteiger partial charge in [0.25, 0.3) is 0 Å². The number of aliphatic carboxylic acids is 1. The van der Waals surface area contributed by atoms with Crippen molar-refractivity contribution in [1.29, 1.82) is 0 Å². The second-order valence-corrected chi connectivity index (χ2v) is 7.70. The van der Waals surface area contributed by atoms with E-state index >= 15 is 0 Å². The summed E-state index contributed by atoms with van der Waals surface area (Å²) in [7, 11) is 0. The van der Waals surface area contributed by atoms with E-state index in [0.717, 1.165) is 37.4 Å². The van der Waals surface area contributed by atoms with Crippen molar-refractivity contribution >= 4 is 17.7 Å². The van der Waals surface area contributed by atoms with E-state index in [1.807, 2.05) is 32.9 Å². The molecular formula is C19H27F3N4O4. The molecular weight excluding hydrogens is 405 g/mol. The first kappa shape index (κ1) is 23.8. The van der Waals surface area contributed by atoms with Gasteiger partial charge in [0.1, 0.15) is 0 Å². The van der Waals surface area contributed by atoms with Gasteiger partial charge in [-0.15, -0.1) is 5.10 Å². The maximum Gasteiger partial charge on any atom is 0.490 e. The van der Waals surface area contributed by atoms with Crippen molar-refractivity contribution in [2.24, 2.45) is 11.8 Å². The Morgan fingerprint density at radius 1 is 1.27 bits per heavy atom. The van der Waals surface area contributed by atoms with Gasteiger partial charge in [0.15, 0.2) is 5.82 Å². The molecule has 11 heteroatoms. The molecule has 0 bridgehead atoms. The van der Waals surface area contributed by atoms with Gasteiger partial charge in [-0.3, -0.25) is 4.79 Å². The van der Waals surface area contributed by atoms with Crippen LogP contribution in [0, 0.1) is 18.8 Å². The molecule has 2 aliphatic rings. The van der Waals surface area contributed by atoms with Crippen molar-refractivity contribution in [3.05, 3.63) is 17.8 Å². The Labute approximate surface area is 172 Å². The van der Waals surface area contributed by atoms with Crippen LogP contribution in [0.15, 0.2) is 12.1 Å². The fourth-order valence-corrected chi connectivity index (χ4v) is 3.60. The molecule has 1 aromatic heterocycles. The normalized spacial score (nSPS) is 23.8. The van der Waals surface area contributed by atoms with Crippen LogP contribution < -0.4 is 10.2 Å². The van der Waals surface area contributed by atoms with Crippen molar-refractivity contribution < 1.29 is 32.6 Å². The van der Waals surface area contributed by atoms with E-state index in [2.05, 4.69) is 20.4 Å². The minimum atomic E-state index is -5.08. The lowest BCUT2D eigenvalue weighted by atomic mass is 9.79. The molecule has 3 rings (SSSR count). The van der Waals surface area contributed by atoms with Crippen LogP contribution in [0.3, 0.4) is 0 Å². The minimum Gasteiger partial charge on any atom is -0.475 e. The van der Waals surface area contributed by atoms with Crippen LogP contribution >= 0.6 is 0 Å². The molecule has 30 heavy (non-hydrogen) atoms. The number of fused-ring (bicyclic) bond motifs is 1. The highest BCUT2D eigenvalue weighted by Crippen LogP contribution is 2.34. The summed E-state index contributed by atoms with van der Waals surface area (Å²) in [6, 6.07) is 4.16. The summed E-state index contributed by atoms with van der Waals surface area (Å²) in [6.45, 7) is 8.33. The number of anilines is 1. The SMILES string of the molecule is Cc1ccc(N2CC[C@H]3OCC[C@@H](C(=O)NC(C)C)[C@@H]3C2)nn1.O=C(O)C(F)(F)F. The first-order valence-corrected chi connectivity index (χ1v) is 9.76. The topological polar surface area (TPSA) is 105 Å². The van der Waals surface area contributed by atoms with Crippen LogP contribution in [-0.2, 0) is 14.3 Å². The summed E-state index contributed by atoms with van der Waals surface area (Å²) in [5.41, 5.74) is 0.916. The highest BCUT2D eigenvalue weighted by molar-refractivity contribution is 5.79. The number of carbonyl (C=O) groups is 2. The Morgan fingerprint density at radius 3 is 2.47 bits per heavy atom. The molecule has 0 radical (unpaired) electrons. The smallest absolute Gasteiger partial charge is 0.475 e. The number of ether oxygens (including phenoxy) is 1. The fourth-order valence-electron chi connectivity index (χ4n) is 3.60. The molecule has 0 unspecified atom stereocenters. The van der Waals surface area contributed by atoms with Gasteiger partial charge in [0, 0.05) is 37.6 Å². The van der Waals surface area contributed by atoms with E-state index in [-0.39, 0.29) is 29.9 Å². The molecule has 1 aromatic rings. The number of aryl methyl sites for hydroxylation is 1. The summed E-state index contributed by atoms with van der Waals surface area (Å²) in [5.74, 6) is -1.46. The molecule has 2 N–H and O–H groups in total. The fraction of sp³-hybridized carbons (Fsp3) is 0.684. The van der Waals surface area contributed by atoms with Crippen LogP contribution in [0.1, 0.15) is 32.4 Å². The summed E-state index contributed by atoms with van der Waals surface area (Å²) in [6.07, 6.45) is -3.17. The van der Waals surface area contributed by atoms with E-state index in [9.17, 15) is 18.0 Å². The largest absolute Gasteiger partial charge is 0.490 e. The zero-order valence-electron chi connectivity index (χ0n) is 17.1. The van der Waals surface area contributed by atoms with Crippen molar-refractivity contribution in [1.82, 2.24) is 15.5 Å². The van der Waals surface area contributed by atoms with Gasteiger partial charge in [-0.25, -0.2) is 4.79 Å². The molecule has 168 valence electrons. The predicted molar refractivity (Wildman–Crippen MR) is 102 cm³/mol. The number of carbonyl (C=O) groups excluding carboxylic acids is 1. The van der Waals surface area contributed by atoms with Gasteiger partial charge in [0.05, 0.1) is 11.8 Å². The summed E-state index contributed by atoms with van der Waals surface area (Å²) < 4.78 is 37.7. The minimum absolute atomic E-state index is 0.0253. The van der Waals surface area contributed by atoms with Gasteiger partial charge in [-0.05, 0) is 45.7 Å². The number of carboxylic acid groups (broad SMARTS) is 1. The maximum atomic E-state index is 12.5. The molecule has 0 saturated carbocycles. The predicted octanol–water partition coefficient (Wildman–Crippen LogP) is 2.17. The van der Waals surface area contributed by atoms with Gasteiger partial charge >= 0.3 is 12.1 Å². The lowest BCUT2D eigenvalue weighted by Gasteiger charge is -2.44. The number of aromatic nitrogens is 2. The van der Waals surface area contributed by atoms with Crippen LogP contribution in [0.25, 0.3) is 0 Å². The second-order valence-electron chi connectivity index (χ2n) is 7.70. The number of hydrogen-bond donors (Lipinski definition) is 2. The molecule has 2 fully saturated rings. The molecule has 0 aromatic carbocycles. The van der Waals surface area contributed by atoms with Crippen molar-refractivity contribution in [3.63, 3.8) is 0 Å². The van der Waals surface area contributed by atoms with Gasteiger partial charge in [-0.2, -0.15) is 18.3 Å². The standard InChI is InChI=1S/C17H26N4O2.C2HF3O2/c1-11(2)18-17(22)13-7-9-23-15-6-8-21(10-14(13)15)16-5-4-12(3)19-20-16;3-2(4,5)1(6)7/h4-5,11,13-15H,6-10H2,1-3H3,(H,18,22);(H,6,7)/t13-,14+,15-;/m1./s1. The van der Waals surface area contributed by atoms with Crippen LogP contribution in [0.2, 0.25) is 0 Å².